The predicted molar refractivity (Wildman–Crippen MR) is 91.6 cm³/mol. The topological polar surface area (TPSA) is 59.6 Å². The van der Waals surface area contributed by atoms with Crippen LogP contribution in [0.1, 0.15) is 19.4 Å². The molecule has 0 radical (unpaired) electrons. The lowest BCUT2D eigenvalue weighted by molar-refractivity contribution is -0.274. The van der Waals surface area contributed by atoms with Crippen molar-refractivity contribution in [1.29, 1.82) is 0 Å². The third kappa shape index (κ3) is 9.69. The molecule has 1 aromatic carbocycles. The molecule has 4 nitrogen and oxygen atoms in total. The second-order valence-electron chi connectivity index (χ2n) is 4.99. The molecule has 8 heteroatoms. The number of guanidine groups is 1. The van der Waals surface area contributed by atoms with Gasteiger partial charge in [0.15, 0.2) is 5.96 Å². The van der Waals surface area contributed by atoms with Crippen molar-refractivity contribution < 1.29 is 17.9 Å². The smallest absolute Gasteiger partial charge is 0.406 e. The number of halogens is 4. The van der Waals surface area contributed by atoms with Gasteiger partial charge in [-0.2, -0.15) is 0 Å². The molecule has 1 rings (SSSR count). The van der Waals surface area contributed by atoms with Gasteiger partial charge in [-0.1, -0.05) is 26.0 Å². The Balaban J connectivity index is 0.00000441. The van der Waals surface area contributed by atoms with Crippen LogP contribution in [0.5, 0.6) is 5.75 Å². The second-order valence-corrected chi connectivity index (χ2v) is 4.99. The highest BCUT2D eigenvalue weighted by molar-refractivity contribution is 14.0. The van der Waals surface area contributed by atoms with Crippen LogP contribution in [0.2, 0.25) is 0 Å². The van der Waals surface area contributed by atoms with Gasteiger partial charge in [-0.3, -0.25) is 4.99 Å². The SMILES string of the molecule is CC(C)CN=C(N)NCCc1ccc(OC(F)(F)F)cc1.I. The Hall–Kier alpha value is -1.19. The molecule has 0 fully saturated rings. The van der Waals surface area contributed by atoms with Crippen molar-refractivity contribution in [3.8, 4) is 5.75 Å². The van der Waals surface area contributed by atoms with Crippen LogP contribution < -0.4 is 15.8 Å². The fourth-order valence-electron chi connectivity index (χ4n) is 1.53. The molecule has 0 saturated heterocycles. The van der Waals surface area contributed by atoms with Crippen LogP contribution in [0, 0.1) is 5.92 Å². The van der Waals surface area contributed by atoms with Crippen molar-refractivity contribution >= 4 is 29.9 Å². The lowest BCUT2D eigenvalue weighted by atomic mass is 10.1. The zero-order valence-electron chi connectivity index (χ0n) is 12.5. The van der Waals surface area contributed by atoms with E-state index in [1.165, 1.54) is 12.1 Å². The summed E-state index contributed by atoms with van der Waals surface area (Å²) in [5.74, 6) is 0.587. The van der Waals surface area contributed by atoms with Crippen molar-refractivity contribution in [3.05, 3.63) is 29.8 Å². The first-order valence-corrected chi connectivity index (χ1v) is 6.65. The third-order valence-corrected chi connectivity index (χ3v) is 2.50. The number of nitrogens with two attached hydrogens (primary N) is 1. The predicted octanol–water partition coefficient (Wildman–Crippen LogP) is 3.31. The molecule has 0 saturated carbocycles. The van der Waals surface area contributed by atoms with E-state index in [0.29, 0.717) is 31.4 Å². The van der Waals surface area contributed by atoms with Gasteiger partial charge in [0, 0.05) is 13.1 Å². The molecule has 0 heterocycles. The van der Waals surface area contributed by atoms with Crippen LogP contribution in [0.25, 0.3) is 0 Å². The van der Waals surface area contributed by atoms with Gasteiger partial charge in [0.1, 0.15) is 5.75 Å². The summed E-state index contributed by atoms with van der Waals surface area (Å²) < 4.78 is 39.8. The van der Waals surface area contributed by atoms with E-state index in [2.05, 4.69) is 15.0 Å². The van der Waals surface area contributed by atoms with Crippen LogP contribution in [-0.2, 0) is 6.42 Å². The first-order chi connectivity index (χ1) is 9.76. The standard InChI is InChI=1S/C14H20F3N3O.HI/c1-10(2)9-20-13(18)19-8-7-11-3-5-12(6-4-11)21-14(15,16)17;/h3-6,10H,7-9H2,1-2H3,(H3,18,19,20);1H. The largest absolute Gasteiger partial charge is 0.573 e. The van der Waals surface area contributed by atoms with E-state index in [0.717, 1.165) is 5.56 Å². The number of rotatable bonds is 6. The average Bonchev–Trinajstić information content (AvgIpc) is 2.37. The van der Waals surface area contributed by atoms with E-state index in [1.54, 1.807) is 12.1 Å². The monoisotopic (exact) mass is 431 g/mol. The summed E-state index contributed by atoms with van der Waals surface area (Å²) in [6.07, 6.45) is -4.03. The van der Waals surface area contributed by atoms with Gasteiger partial charge in [0.05, 0.1) is 0 Å². The molecule has 0 bridgehead atoms. The van der Waals surface area contributed by atoms with Gasteiger partial charge >= 0.3 is 6.36 Å². The van der Waals surface area contributed by atoms with Gasteiger partial charge in [-0.25, -0.2) is 0 Å². The number of benzene rings is 1. The lowest BCUT2D eigenvalue weighted by Gasteiger charge is -2.10. The Morgan fingerprint density at radius 1 is 1.27 bits per heavy atom. The van der Waals surface area contributed by atoms with Crippen LogP contribution in [0.4, 0.5) is 13.2 Å². The minimum absolute atomic E-state index is 0. The van der Waals surface area contributed by atoms with Crippen LogP contribution in [-0.4, -0.2) is 25.4 Å². The minimum atomic E-state index is -4.66. The fraction of sp³-hybridized carbons (Fsp3) is 0.500. The number of nitrogens with one attached hydrogen (secondary N) is 1. The Morgan fingerprint density at radius 2 is 1.86 bits per heavy atom. The van der Waals surface area contributed by atoms with E-state index in [4.69, 9.17) is 5.73 Å². The number of hydrogen-bond donors (Lipinski definition) is 2. The molecule has 0 aromatic heterocycles. The summed E-state index contributed by atoms with van der Waals surface area (Å²) in [6, 6.07) is 5.76. The lowest BCUT2D eigenvalue weighted by Crippen LogP contribution is -2.33. The van der Waals surface area contributed by atoms with E-state index in [9.17, 15) is 13.2 Å². The van der Waals surface area contributed by atoms with Crippen molar-refractivity contribution in [3.63, 3.8) is 0 Å². The maximum atomic E-state index is 12.0. The quantitative estimate of drug-likeness (QED) is 0.413. The Kier molecular flexibility index (Phi) is 9.22. The maximum absolute atomic E-state index is 12.0. The van der Waals surface area contributed by atoms with Gasteiger partial charge in [-0.05, 0) is 30.0 Å². The Labute approximate surface area is 145 Å². The maximum Gasteiger partial charge on any atom is 0.573 e. The molecule has 0 atom stereocenters. The second kappa shape index (κ2) is 9.75. The van der Waals surface area contributed by atoms with E-state index in [-0.39, 0.29) is 29.7 Å². The van der Waals surface area contributed by atoms with Crippen LogP contribution in [0.3, 0.4) is 0 Å². The first-order valence-electron chi connectivity index (χ1n) is 6.65. The summed E-state index contributed by atoms with van der Waals surface area (Å²) in [7, 11) is 0. The zero-order valence-corrected chi connectivity index (χ0v) is 14.8. The zero-order chi connectivity index (χ0) is 15.9. The molecular formula is C14H21F3IN3O. The molecule has 0 aliphatic rings. The number of aliphatic imine (C=N–C) groups is 1. The normalized spacial score (nSPS) is 12.0. The highest BCUT2D eigenvalue weighted by atomic mass is 127. The number of nitrogens with zero attached hydrogens (tertiary/aromatic N) is 1. The summed E-state index contributed by atoms with van der Waals surface area (Å²) >= 11 is 0. The van der Waals surface area contributed by atoms with Gasteiger partial charge in [-0.15, -0.1) is 37.1 Å². The molecule has 126 valence electrons. The molecule has 0 amide bonds. The molecule has 22 heavy (non-hydrogen) atoms. The third-order valence-electron chi connectivity index (χ3n) is 2.50. The van der Waals surface area contributed by atoms with E-state index in [1.807, 2.05) is 13.8 Å². The molecule has 3 N–H and O–H groups in total. The molecule has 0 aliphatic carbocycles. The minimum Gasteiger partial charge on any atom is -0.406 e. The summed E-state index contributed by atoms with van der Waals surface area (Å²) in [5.41, 5.74) is 6.56. The molecule has 0 aliphatic heterocycles. The highest BCUT2D eigenvalue weighted by Gasteiger charge is 2.30. The van der Waals surface area contributed by atoms with Crippen molar-refractivity contribution in [2.75, 3.05) is 13.1 Å². The number of ether oxygens (including phenoxy) is 1. The number of hydrogen-bond acceptors (Lipinski definition) is 2. The highest BCUT2D eigenvalue weighted by Crippen LogP contribution is 2.22. The Bertz CT molecular complexity index is 461. The summed E-state index contributed by atoms with van der Waals surface area (Å²) in [6.45, 7) is 5.30. The van der Waals surface area contributed by atoms with Crippen LogP contribution in [0.15, 0.2) is 29.3 Å². The molecular weight excluding hydrogens is 410 g/mol. The van der Waals surface area contributed by atoms with Gasteiger partial charge < -0.3 is 15.8 Å². The van der Waals surface area contributed by atoms with Crippen LogP contribution >= 0.6 is 24.0 Å². The Morgan fingerprint density at radius 3 is 2.36 bits per heavy atom. The van der Waals surface area contributed by atoms with Crippen molar-refractivity contribution in [2.24, 2.45) is 16.6 Å². The summed E-state index contributed by atoms with van der Waals surface area (Å²) in [4.78, 5) is 4.15. The fourth-order valence-corrected chi connectivity index (χ4v) is 1.53. The molecule has 1 aromatic rings. The van der Waals surface area contributed by atoms with Gasteiger partial charge in [0.2, 0.25) is 0 Å². The van der Waals surface area contributed by atoms with E-state index < -0.39 is 6.36 Å². The molecule has 0 spiro atoms. The van der Waals surface area contributed by atoms with Crippen molar-refractivity contribution in [1.82, 2.24) is 5.32 Å². The van der Waals surface area contributed by atoms with Crippen molar-refractivity contribution in [2.45, 2.75) is 26.6 Å². The number of alkyl halides is 3. The molecule has 0 unspecified atom stereocenters. The van der Waals surface area contributed by atoms with Gasteiger partial charge in [0.25, 0.3) is 0 Å². The summed E-state index contributed by atoms with van der Waals surface area (Å²) in [5, 5.41) is 2.96. The average molecular weight is 431 g/mol. The first kappa shape index (κ1) is 20.8. The van der Waals surface area contributed by atoms with E-state index >= 15 is 0 Å².